The monoisotopic (exact) mass is 472 g/mol. The summed E-state index contributed by atoms with van der Waals surface area (Å²) in [6.07, 6.45) is -1.09. The minimum absolute atomic E-state index is 0.00456. The number of hydrogen-bond donors (Lipinski definition) is 1. The maximum atomic E-state index is 13.0. The topological polar surface area (TPSA) is 92.8 Å². The van der Waals surface area contributed by atoms with Crippen molar-refractivity contribution in [3.05, 3.63) is 89.4 Å². The van der Waals surface area contributed by atoms with Crippen LogP contribution in [0.2, 0.25) is 5.02 Å². The number of anilines is 2. The number of esters is 1. The summed E-state index contributed by atoms with van der Waals surface area (Å²) >= 11 is 5.96. The molecule has 0 aliphatic rings. The van der Waals surface area contributed by atoms with E-state index in [2.05, 4.69) is 5.32 Å². The molecule has 3 rings (SSSR count). The predicted octanol–water partition coefficient (Wildman–Crippen LogP) is 4.35. The fraction of sp³-hybridized carbons (Fsp3) is 0.130. The first kappa shape index (κ1) is 23.3. The molecule has 0 aliphatic carbocycles. The van der Waals surface area contributed by atoms with E-state index >= 15 is 0 Å². The van der Waals surface area contributed by atoms with E-state index < -0.39 is 28.0 Å². The standard InChI is InChI=1S/C23H21ClN2O5S/c1-16(22(27)25-19-10-4-3-5-11-19)31-23(28)17-8-6-13-21(14-17)32(29,30)26(2)20-12-7-9-18(24)15-20/h3-16H,1-2H3,(H,25,27). The van der Waals surface area contributed by atoms with Crippen molar-refractivity contribution in [1.82, 2.24) is 0 Å². The third-order valence-corrected chi connectivity index (χ3v) is 6.61. The first-order valence-corrected chi connectivity index (χ1v) is 11.4. The van der Waals surface area contributed by atoms with Crippen molar-refractivity contribution in [1.29, 1.82) is 0 Å². The lowest BCUT2D eigenvalue weighted by Crippen LogP contribution is -2.30. The third-order valence-electron chi connectivity index (χ3n) is 4.59. The molecule has 0 fully saturated rings. The summed E-state index contributed by atoms with van der Waals surface area (Å²) in [6, 6.07) is 20.6. The van der Waals surface area contributed by atoms with Crippen LogP contribution in [0.4, 0.5) is 11.4 Å². The molecular formula is C23H21ClN2O5S. The van der Waals surface area contributed by atoms with E-state index in [1.165, 1.54) is 44.3 Å². The number of ether oxygens (including phenoxy) is 1. The van der Waals surface area contributed by atoms with Crippen LogP contribution < -0.4 is 9.62 Å². The number of para-hydroxylation sites is 1. The van der Waals surface area contributed by atoms with Crippen LogP contribution in [0.3, 0.4) is 0 Å². The molecule has 1 N–H and O–H groups in total. The van der Waals surface area contributed by atoms with Crippen LogP contribution in [0, 0.1) is 0 Å². The smallest absolute Gasteiger partial charge is 0.338 e. The molecule has 3 aromatic carbocycles. The molecule has 1 amide bonds. The van der Waals surface area contributed by atoms with Gasteiger partial charge < -0.3 is 10.1 Å². The van der Waals surface area contributed by atoms with E-state index in [1.807, 2.05) is 6.07 Å². The fourth-order valence-electron chi connectivity index (χ4n) is 2.80. The summed E-state index contributed by atoms with van der Waals surface area (Å²) in [6.45, 7) is 1.43. The molecule has 0 bridgehead atoms. The van der Waals surface area contributed by atoms with Gasteiger partial charge in [-0.3, -0.25) is 9.10 Å². The second kappa shape index (κ2) is 9.84. The molecule has 0 aromatic heterocycles. The maximum absolute atomic E-state index is 13.0. The van der Waals surface area contributed by atoms with Gasteiger partial charge in [0.15, 0.2) is 6.10 Å². The molecule has 9 heteroatoms. The number of hydrogen-bond acceptors (Lipinski definition) is 5. The highest BCUT2D eigenvalue weighted by Crippen LogP contribution is 2.25. The summed E-state index contributed by atoms with van der Waals surface area (Å²) in [4.78, 5) is 24.7. The first-order valence-electron chi connectivity index (χ1n) is 9.60. The van der Waals surface area contributed by atoms with Crippen molar-refractivity contribution < 1.29 is 22.7 Å². The van der Waals surface area contributed by atoms with E-state index in [-0.39, 0.29) is 10.5 Å². The van der Waals surface area contributed by atoms with Crippen molar-refractivity contribution >= 4 is 44.9 Å². The SMILES string of the molecule is CC(OC(=O)c1cccc(S(=O)(=O)N(C)c2cccc(Cl)c2)c1)C(=O)Nc1ccccc1. The Balaban J connectivity index is 1.74. The number of nitrogens with one attached hydrogen (secondary N) is 1. The number of rotatable bonds is 7. The molecule has 0 spiro atoms. The highest BCUT2D eigenvalue weighted by atomic mass is 35.5. The molecule has 7 nitrogen and oxygen atoms in total. The van der Waals surface area contributed by atoms with Gasteiger partial charge in [0.25, 0.3) is 15.9 Å². The Morgan fingerprint density at radius 1 is 0.969 bits per heavy atom. The van der Waals surface area contributed by atoms with Crippen molar-refractivity contribution in [2.24, 2.45) is 0 Å². The van der Waals surface area contributed by atoms with E-state index in [0.29, 0.717) is 16.4 Å². The van der Waals surface area contributed by atoms with Gasteiger partial charge in [0, 0.05) is 17.8 Å². The number of sulfonamides is 1. The van der Waals surface area contributed by atoms with E-state index in [0.717, 1.165) is 4.31 Å². The lowest BCUT2D eigenvalue weighted by atomic mass is 10.2. The van der Waals surface area contributed by atoms with Gasteiger partial charge in [-0.15, -0.1) is 0 Å². The summed E-state index contributed by atoms with van der Waals surface area (Å²) in [7, 11) is -2.57. The van der Waals surface area contributed by atoms with Gasteiger partial charge in [0.2, 0.25) is 0 Å². The molecule has 0 saturated carbocycles. The quantitative estimate of drug-likeness (QED) is 0.516. The van der Waals surface area contributed by atoms with Crippen molar-refractivity contribution in [2.45, 2.75) is 17.9 Å². The molecule has 3 aromatic rings. The summed E-state index contributed by atoms with van der Waals surface area (Å²) in [5.41, 5.74) is 0.944. The molecule has 0 aliphatic heterocycles. The Kier molecular flexibility index (Phi) is 7.17. The molecule has 1 atom stereocenters. The van der Waals surface area contributed by atoms with Crippen LogP contribution in [0.1, 0.15) is 17.3 Å². The van der Waals surface area contributed by atoms with Crippen molar-refractivity contribution in [3.63, 3.8) is 0 Å². The Labute approximate surface area is 191 Å². The van der Waals surface area contributed by atoms with Gasteiger partial charge in [-0.25, -0.2) is 13.2 Å². The number of amides is 1. The summed E-state index contributed by atoms with van der Waals surface area (Å²) in [5.74, 6) is -1.32. The van der Waals surface area contributed by atoms with Gasteiger partial charge >= 0.3 is 5.97 Å². The zero-order valence-electron chi connectivity index (χ0n) is 17.4. The minimum Gasteiger partial charge on any atom is -0.449 e. The highest BCUT2D eigenvalue weighted by Gasteiger charge is 2.24. The van der Waals surface area contributed by atoms with Crippen LogP contribution >= 0.6 is 11.6 Å². The lowest BCUT2D eigenvalue weighted by Gasteiger charge is -2.20. The van der Waals surface area contributed by atoms with Gasteiger partial charge in [0.05, 0.1) is 16.1 Å². The molecular weight excluding hydrogens is 452 g/mol. The molecule has 166 valence electrons. The van der Waals surface area contributed by atoms with Gasteiger partial charge in [-0.1, -0.05) is 41.9 Å². The summed E-state index contributed by atoms with van der Waals surface area (Å²) in [5, 5.41) is 3.04. The predicted molar refractivity (Wildman–Crippen MR) is 123 cm³/mol. The largest absolute Gasteiger partial charge is 0.449 e. The average Bonchev–Trinajstić information content (AvgIpc) is 2.79. The van der Waals surface area contributed by atoms with Crippen LogP contribution in [-0.4, -0.2) is 33.4 Å². The molecule has 32 heavy (non-hydrogen) atoms. The lowest BCUT2D eigenvalue weighted by molar-refractivity contribution is -0.123. The minimum atomic E-state index is -3.96. The zero-order chi connectivity index (χ0) is 23.3. The van der Waals surface area contributed by atoms with Crippen LogP contribution in [-0.2, 0) is 19.6 Å². The van der Waals surface area contributed by atoms with Crippen LogP contribution in [0.5, 0.6) is 0 Å². The van der Waals surface area contributed by atoms with E-state index in [4.69, 9.17) is 16.3 Å². The Morgan fingerprint density at radius 3 is 2.34 bits per heavy atom. The molecule has 0 heterocycles. The number of nitrogens with zero attached hydrogens (tertiary/aromatic N) is 1. The van der Waals surface area contributed by atoms with Gasteiger partial charge in [-0.05, 0) is 55.5 Å². The fourth-order valence-corrected chi connectivity index (χ4v) is 4.22. The number of benzene rings is 3. The second-order valence-electron chi connectivity index (χ2n) is 6.88. The van der Waals surface area contributed by atoms with Crippen molar-refractivity contribution in [3.8, 4) is 0 Å². The van der Waals surface area contributed by atoms with Crippen LogP contribution in [0.15, 0.2) is 83.8 Å². The zero-order valence-corrected chi connectivity index (χ0v) is 18.9. The number of halogens is 1. The Morgan fingerprint density at radius 2 is 1.66 bits per heavy atom. The first-order chi connectivity index (χ1) is 15.2. The summed E-state index contributed by atoms with van der Waals surface area (Å²) < 4.78 is 32.3. The number of carbonyl (C=O) groups excluding carboxylic acids is 2. The molecule has 0 radical (unpaired) electrons. The Hall–Kier alpha value is -3.36. The second-order valence-corrected chi connectivity index (χ2v) is 9.29. The maximum Gasteiger partial charge on any atom is 0.338 e. The third kappa shape index (κ3) is 5.46. The normalized spacial score (nSPS) is 12.0. The Bertz CT molecular complexity index is 1230. The van der Waals surface area contributed by atoms with Crippen LogP contribution in [0.25, 0.3) is 0 Å². The molecule has 0 saturated heterocycles. The van der Waals surface area contributed by atoms with E-state index in [9.17, 15) is 18.0 Å². The number of carbonyl (C=O) groups is 2. The molecule has 1 unspecified atom stereocenters. The highest BCUT2D eigenvalue weighted by molar-refractivity contribution is 7.92. The van der Waals surface area contributed by atoms with Gasteiger partial charge in [-0.2, -0.15) is 0 Å². The van der Waals surface area contributed by atoms with E-state index in [1.54, 1.807) is 42.5 Å². The van der Waals surface area contributed by atoms with Gasteiger partial charge in [0.1, 0.15) is 0 Å². The van der Waals surface area contributed by atoms with Crippen molar-refractivity contribution in [2.75, 3.05) is 16.7 Å². The average molecular weight is 473 g/mol.